The van der Waals surface area contributed by atoms with Gasteiger partial charge in [0.2, 0.25) is 0 Å². The quantitative estimate of drug-likeness (QED) is 0.552. The number of carbonyl (C=O) groups excluding carboxylic acids is 2. The number of benzene rings is 2. The number of carbonyl (C=O) groups is 2. The molecule has 0 bridgehead atoms. The van der Waals surface area contributed by atoms with Gasteiger partial charge in [-0.1, -0.05) is 63.1 Å². The molecule has 29 heavy (non-hydrogen) atoms. The summed E-state index contributed by atoms with van der Waals surface area (Å²) in [5.41, 5.74) is 0.696. The summed E-state index contributed by atoms with van der Waals surface area (Å²) in [5, 5.41) is 0. The molecule has 1 aliphatic carbocycles. The molecule has 1 saturated carbocycles. The third kappa shape index (κ3) is 5.06. The van der Waals surface area contributed by atoms with Gasteiger partial charge in [0, 0.05) is 5.41 Å². The van der Waals surface area contributed by atoms with Gasteiger partial charge in [-0.2, -0.15) is 0 Å². The third-order valence-electron chi connectivity index (χ3n) is 6.28. The van der Waals surface area contributed by atoms with E-state index < -0.39 is 0 Å². The van der Waals surface area contributed by atoms with Crippen LogP contribution in [-0.4, -0.2) is 25.2 Å². The van der Waals surface area contributed by atoms with Crippen molar-refractivity contribution >= 4 is 11.9 Å². The molecule has 0 radical (unpaired) electrons. The summed E-state index contributed by atoms with van der Waals surface area (Å²) >= 11 is 0. The fourth-order valence-corrected chi connectivity index (χ4v) is 4.30. The van der Waals surface area contributed by atoms with Crippen LogP contribution in [0, 0.1) is 17.3 Å². The van der Waals surface area contributed by atoms with Crippen LogP contribution in [0.15, 0.2) is 60.7 Å². The highest BCUT2D eigenvalue weighted by Crippen LogP contribution is 2.45. The van der Waals surface area contributed by atoms with Crippen molar-refractivity contribution in [2.45, 2.75) is 39.5 Å². The fourth-order valence-electron chi connectivity index (χ4n) is 4.30. The first-order valence-electron chi connectivity index (χ1n) is 10.5. The van der Waals surface area contributed by atoms with Crippen LogP contribution in [0.25, 0.3) is 0 Å². The molecule has 3 rings (SSSR count). The first kappa shape index (κ1) is 21.1. The number of ether oxygens (including phenoxy) is 2. The van der Waals surface area contributed by atoms with E-state index in [1.807, 2.05) is 36.4 Å². The average Bonchev–Trinajstić information content (AvgIpc) is 3.30. The monoisotopic (exact) mass is 394 g/mol. The summed E-state index contributed by atoms with van der Waals surface area (Å²) in [4.78, 5) is 25.1. The summed E-state index contributed by atoms with van der Waals surface area (Å²) in [6, 6.07) is 18.1. The van der Waals surface area contributed by atoms with Crippen molar-refractivity contribution in [2.75, 3.05) is 13.2 Å². The molecule has 1 fully saturated rings. The molecular weight excluding hydrogens is 364 g/mol. The van der Waals surface area contributed by atoms with E-state index in [4.69, 9.17) is 9.47 Å². The Labute approximate surface area is 173 Å². The Hall–Kier alpha value is -2.62. The normalized spacial score (nSPS) is 14.7. The zero-order valence-electron chi connectivity index (χ0n) is 17.3. The van der Waals surface area contributed by atoms with E-state index in [1.165, 1.54) is 12.8 Å². The molecule has 0 unspecified atom stereocenters. The number of esters is 2. The maximum absolute atomic E-state index is 12.6. The Balaban J connectivity index is 1.75. The third-order valence-corrected chi connectivity index (χ3v) is 6.28. The van der Waals surface area contributed by atoms with Crippen LogP contribution in [0.5, 0.6) is 0 Å². The molecule has 2 aromatic rings. The largest absolute Gasteiger partial charge is 0.461 e. The van der Waals surface area contributed by atoms with Gasteiger partial charge >= 0.3 is 11.9 Å². The van der Waals surface area contributed by atoms with Crippen molar-refractivity contribution in [3.8, 4) is 0 Å². The standard InChI is InChI=1S/C25H30O4/c1-19(2)25(22-15-9-10-16-22,17-28-23(26)20-11-5-3-6-12-20)18-29-24(27)21-13-7-4-8-14-21/h3-8,11-14,19,22H,9-10,15-18H2,1-2H3. The molecule has 0 spiro atoms. The van der Waals surface area contributed by atoms with E-state index >= 15 is 0 Å². The van der Waals surface area contributed by atoms with Crippen LogP contribution in [-0.2, 0) is 9.47 Å². The predicted molar refractivity (Wildman–Crippen MR) is 113 cm³/mol. The lowest BCUT2D eigenvalue weighted by atomic mass is 9.68. The summed E-state index contributed by atoms with van der Waals surface area (Å²) in [7, 11) is 0. The molecule has 0 atom stereocenters. The smallest absolute Gasteiger partial charge is 0.338 e. The Morgan fingerprint density at radius 3 is 1.62 bits per heavy atom. The van der Waals surface area contributed by atoms with Gasteiger partial charge in [-0.05, 0) is 48.9 Å². The van der Waals surface area contributed by atoms with Gasteiger partial charge in [-0.25, -0.2) is 9.59 Å². The summed E-state index contributed by atoms with van der Waals surface area (Å²) in [5.74, 6) is -0.0848. The molecule has 2 aromatic carbocycles. The summed E-state index contributed by atoms with van der Waals surface area (Å²) in [6.45, 7) is 4.77. The molecule has 0 N–H and O–H groups in total. The van der Waals surface area contributed by atoms with Gasteiger partial charge in [0.25, 0.3) is 0 Å². The second-order valence-electron chi connectivity index (χ2n) is 8.25. The topological polar surface area (TPSA) is 52.6 Å². The van der Waals surface area contributed by atoms with Crippen LogP contribution >= 0.6 is 0 Å². The zero-order chi connectivity index (χ0) is 20.7. The lowest BCUT2D eigenvalue weighted by Crippen LogP contribution is -2.44. The van der Waals surface area contributed by atoms with Gasteiger partial charge in [-0.15, -0.1) is 0 Å². The second kappa shape index (κ2) is 9.73. The van der Waals surface area contributed by atoms with Crippen molar-refractivity contribution in [3.63, 3.8) is 0 Å². The highest BCUT2D eigenvalue weighted by molar-refractivity contribution is 5.89. The van der Waals surface area contributed by atoms with Crippen molar-refractivity contribution in [1.82, 2.24) is 0 Å². The molecule has 0 saturated heterocycles. The molecule has 1 aliphatic rings. The second-order valence-corrected chi connectivity index (χ2v) is 8.25. The van der Waals surface area contributed by atoms with E-state index in [0.29, 0.717) is 17.0 Å². The highest BCUT2D eigenvalue weighted by atomic mass is 16.5. The molecule has 0 heterocycles. The predicted octanol–water partition coefficient (Wildman–Crippen LogP) is 5.53. The number of hydrogen-bond donors (Lipinski definition) is 0. The van der Waals surface area contributed by atoms with Gasteiger partial charge in [0.15, 0.2) is 0 Å². The Morgan fingerprint density at radius 1 is 0.828 bits per heavy atom. The molecular formula is C25H30O4. The van der Waals surface area contributed by atoms with Gasteiger partial charge in [0.1, 0.15) is 13.2 Å². The first-order valence-corrected chi connectivity index (χ1v) is 10.5. The SMILES string of the molecule is CC(C)C(COC(=O)c1ccccc1)(COC(=O)c1ccccc1)C1CCCC1. The highest BCUT2D eigenvalue weighted by Gasteiger charge is 2.45. The minimum absolute atomic E-state index is 0.206. The molecule has 4 nitrogen and oxygen atoms in total. The Bertz CT molecular complexity index is 737. The van der Waals surface area contributed by atoms with E-state index in [2.05, 4.69) is 13.8 Å². The minimum Gasteiger partial charge on any atom is -0.461 e. The van der Waals surface area contributed by atoms with Crippen molar-refractivity contribution in [1.29, 1.82) is 0 Å². The fraction of sp³-hybridized carbons (Fsp3) is 0.440. The van der Waals surface area contributed by atoms with Crippen molar-refractivity contribution in [3.05, 3.63) is 71.8 Å². The molecule has 0 aliphatic heterocycles. The number of hydrogen-bond acceptors (Lipinski definition) is 4. The number of rotatable bonds is 8. The minimum atomic E-state index is -0.384. The molecule has 0 aromatic heterocycles. The van der Waals surface area contributed by atoms with E-state index in [1.54, 1.807) is 24.3 Å². The van der Waals surface area contributed by atoms with Crippen molar-refractivity contribution < 1.29 is 19.1 Å². The Kier molecular flexibility index (Phi) is 7.08. The maximum Gasteiger partial charge on any atom is 0.338 e. The van der Waals surface area contributed by atoms with E-state index in [0.717, 1.165) is 12.8 Å². The van der Waals surface area contributed by atoms with E-state index in [-0.39, 0.29) is 36.5 Å². The summed E-state index contributed by atoms with van der Waals surface area (Å²) in [6.07, 6.45) is 4.48. The van der Waals surface area contributed by atoms with Crippen LogP contribution in [0.3, 0.4) is 0 Å². The molecule has 154 valence electrons. The van der Waals surface area contributed by atoms with Crippen LogP contribution in [0.4, 0.5) is 0 Å². The molecule has 0 amide bonds. The van der Waals surface area contributed by atoms with Crippen molar-refractivity contribution in [2.24, 2.45) is 17.3 Å². The van der Waals surface area contributed by atoms with Gasteiger partial charge < -0.3 is 9.47 Å². The maximum atomic E-state index is 12.6. The lowest BCUT2D eigenvalue weighted by molar-refractivity contribution is -0.0541. The average molecular weight is 395 g/mol. The van der Waals surface area contributed by atoms with E-state index in [9.17, 15) is 9.59 Å². The van der Waals surface area contributed by atoms with Crippen LogP contribution in [0.1, 0.15) is 60.2 Å². The lowest BCUT2D eigenvalue weighted by Gasteiger charge is -2.41. The summed E-state index contributed by atoms with van der Waals surface area (Å²) < 4.78 is 11.6. The Morgan fingerprint density at radius 2 is 1.24 bits per heavy atom. The van der Waals surface area contributed by atoms with Crippen LogP contribution in [0.2, 0.25) is 0 Å². The van der Waals surface area contributed by atoms with Gasteiger partial charge in [-0.3, -0.25) is 0 Å². The first-order chi connectivity index (χ1) is 14.0. The van der Waals surface area contributed by atoms with Crippen LogP contribution < -0.4 is 0 Å². The van der Waals surface area contributed by atoms with Gasteiger partial charge in [0.05, 0.1) is 11.1 Å². The molecule has 4 heteroatoms. The zero-order valence-corrected chi connectivity index (χ0v) is 17.3.